The van der Waals surface area contributed by atoms with Gasteiger partial charge in [0.05, 0.1) is 0 Å². The molecular weight excluding hydrogens is 386 g/mol. The van der Waals surface area contributed by atoms with E-state index in [2.05, 4.69) is 31.8 Å². The third-order valence-electron chi connectivity index (χ3n) is 4.65. The molecule has 1 aliphatic rings. The zero-order valence-electron chi connectivity index (χ0n) is 13.3. The first kappa shape index (κ1) is 16.0. The molecule has 5 heteroatoms. The molecule has 3 nitrogen and oxygen atoms in total. The van der Waals surface area contributed by atoms with E-state index in [0.29, 0.717) is 6.04 Å². The molecule has 0 spiro atoms. The second-order valence-corrected chi connectivity index (χ2v) is 7.72. The van der Waals surface area contributed by atoms with Gasteiger partial charge in [-0.2, -0.15) is 0 Å². The third kappa shape index (κ3) is 3.17. The molecule has 1 aromatic carbocycles. The predicted octanol–water partition coefficient (Wildman–Crippen LogP) is 6.16. The summed E-state index contributed by atoms with van der Waals surface area (Å²) in [4.78, 5) is 4.86. The first-order valence-electron chi connectivity index (χ1n) is 8.41. The summed E-state index contributed by atoms with van der Waals surface area (Å²) in [6.07, 6.45) is 8.47. The molecule has 0 saturated heterocycles. The minimum atomic E-state index is 0.517. The molecule has 4 rings (SSSR count). The van der Waals surface area contributed by atoms with Crippen molar-refractivity contribution in [3.05, 3.63) is 52.1 Å². The molecule has 1 fully saturated rings. The van der Waals surface area contributed by atoms with E-state index in [-0.39, 0.29) is 0 Å². The summed E-state index contributed by atoms with van der Waals surface area (Å²) >= 11 is 9.62. The average Bonchev–Trinajstić information content (AvgIpc) is 2.94. The van der Waals surface area contributed by atoms with Crippen LogP contribution in [0.4, 0.5) is 5.82 Å². The van der Waals surface area contributed by atoms with Crippen molar-refractivity contribution < 1.29 is 0 Å². The van der Waals surface area contributed by atoms with E-state index in [9.17, 15) is 0 Å². The number of halogens is 2. The number of nitrogens with zero attached hydrogens (tertiary/aromatic N) is 2. The van der Waals surface area contributed by atoms with Crippen molar-refractivity contribution in [3.63, 3.8) is 0 Å². The number of nitrogens with one attached hydrogen (secondary N) is 1. The van der Waals surface area contributed by atoms with Crippen LogP contribution in [0.3, 0.4) is 0 Å². The molecule has 0 amide bonds. The van der Waals surface area contributed by atoms with E-state index >= 15 is 0 Å². The maximum Gasteiger partial charge on any atom is 0.139 e. The van der Waals surface area contributed by atoms with Crippen LogP contribution in [-0.2, 0) is 0 Å². The summed E-state index contributed by atoms with van der Waals surface area (Å²) in [7, 11) is 0. The molecule has 0 unspecified atom stereocenters. The first-order chi connectivity index (χ1) is 11.7. The fourth-order valence-electron chi connectivity index (χ4n) is 3.41. The normalized spacial score (nSPS) is 15.8. The van der Waals surface area contributed by atoms with Gasteiger partial charge in [-0.1, -0.05) is 43.0 Å². The number of rotatable bonds is 3. The fraction of sp³-hybridized carbons (Fsp3) is 0.316. The molecule has 1 aliphatic carbocycles. The Morgan fingerprint density at radius 3 is 2.54 bits per heavy atom. The number of benzene rings is 1. The number of pyridine rings is 1. The van der Waals surface area contributed by atoms with Gasteiger partial charge in [-0.25, -0.2) is 4.98 Å². The number of imidazole rings is 1. The van der Waals surface area contributed by atoms with Crippen molar-refractivity contribution in [1.29, 1.82) is 0 Å². The lowest BCUT2D eigenvalue weighted by molar-refractivity contribution is 0.462. The van der Waals surface area contributed by atoms with Crippen molar-refractivity contribution in [3.8, 4) is 11.3 Å². The molecule has 0 atom stereocenters. The van der Waals surface area contributed by atoms with Crippen molar-refractivity contribution in [2.75, 3.05) is 5.32 Å². The maximum atomic E-state index is 6.05. The summed E-state index contributed by atoms with van der Waals surface area (Å²) in [6.45, 7) is 0. The zero-order valence-corrected chi connectivity index (χ0v) is 15.6. The Kier molecular flexibility index (Phi) is 4.51. The van der Waals surface area contributed by atoms with Crippen LogP contribution in [0.15, 0.2) is 47.1 Å². The van der Waals surface area contributed by atoms with Gasteiger partial charge in [0.25, 0.3) is 0 Å². The summed E-state index contributed by atoms with van der Waals surface area (Å²) in [5, 5.41) is 4.50. The Balaban J connectivity index is 1.81. The van der Waals surface area contributed by atoms with Crippen LogP contribution in [0, 0.1) is 0 Å². The smallest absolute Gasteiger partial charge is 0.139 e. The van der Waals surface area contributed by atoms with Gasteiger partial charge in [0.2, 0.25) is 0 Å². The molecule has 0 radical (unpaired) electrons. The summed E-state index contributed by atoms with van der Waals surface area (Å²) in [6, 6.07) is 12.5. The van der Waals surface area contributed by atoms with Crippen LogP contribution in [0.2, 0.25) is 5.02 Å². The summed E-state index contributed by atoms with van der Waals surface area (Å²) in [5.74, 6) is 1.07. The zero-order chi connectivity index (χ0) is 16.5. The average molecular weight is 405 g/mol. The Hall–Kier alpha value is -1.52. The van der Waals surface area contributed by atoms with E-state index < -0.39 is 0 Å². The molecule has 2 aromatic heterocycles. The Morgan fingerprint density at radius 1 is 1.04 bits per heavy atom. The SMILES string of the molecule is Clc1ccc(-c2nc3ccc(Br)cn3c2NC2CCCCC2)cc1. The largest absolute Gasteiger partial charge is 0.367 e. The molecule has 3 aromatic rings. The highest BCUT2D eigenvalue weighted by atomic mass is 79.9. The van der Waals surface area contributed by atoms with Gasteiger partial charge in [0.1, 0.15) is 17.2 Å². The second kappa shape index (κ2) is 6.77. The van der Waals surface area contributed by atoms with Crippen molar-refractivity contribution >= 4 is 39.0 Å². The van der Waals surface area contributed by atoms with E-state index in [1.54, 1.807) is 0 Å². The van der Waals surface area contributed by atoms with Gasteiger partial charge >= 0.3 is 0 Å². The fourth-order valence-corrected chi connectivity index (χ4v) is 3.87. The topological polar surface area (TPSA) is 29.3 Å². The number of aromatic nitrogens is 2. The van der Waals surface area contributed by atoms with E-state index in [1.165, 1.54) is 32.1 Å². The molecule has 1 N–H and O–H groups in total. The van der Waals surface area contributed by atoms with E-state index in [1.807, 2.05) is 36.4 Å². The third-order valence-corrected chi connectivity index (χ3v) is 5.37. The number of hydrogen-bond acceptors (Lipinski definition) is 2. The van der Waals surface area contributed by atoms with Gasteiger partial charge in [-0.3, -0.25) is 4.40 Å². The minimum absolute atomic E-state index is 0.517. The molecule has 2 heterocycles. The monoisotopic (exact) mass is 403 g/mol. The van der Waals surface area contributed by atoms with Crippen LogP contribution < -0.4 is 5.32 Å². The van der Waals surface area contributed by atoms with E-state index in [4.69, 9.17) is 16.6 Å². The Bertz CT molecular complexity index is 851. The minimum Gasteiger partial charge on any atom is -0.367 e. The van der Waals surface area contributed by atoms with Crippen LogP contribution in [0.1, 0.15) is 32.1 Å². The summed E-state index contributed by atoms with van der Waals surface area (Å²) in [5.41, 5.74) is 3.01. The highest BCUT2D eigenvalue weighted by molar-refractivity contribution is 9.10. The van der Waals surface area contributed by atoms with Crippen LogP contribution in [0.25, 0.3) is 16.9 Å². The Morgan fingerprint density at radius 2 is 1.79 bits per heavy atom. The Labute approximate surface area is 155 Å². The van der Waals surface area contributed by atoms with Crippen molar-refractivity contribution in [2.45, 2.75) is 38.1 Å². The number of anilines is 1. The van der Waals surface area contributed by atoms with Crippen molar-refractivity contribution in [2.24, 2.45) is 0 Å². The van der Waals surface area contributed by atoms with Crippen molar-refractivity contribution in [1.82, 2.24) is 9.38 Å². The van der Waals surface area contributed by atoms with Gasteiger partial charge < -0.3 is 5.32 Å². The first-order valence-corrected chi connectivity index (χ1v) is 9.58. The number of fused-ring (bicyclic) bond motifs is 1. The highest BCUT2D eigenvalue weighted by Crippen LogP contribution is 2.32. The van der Waals surface area contributed by atoms with Gasteiger partial charge in [-0.05, 0) is 53.0 Å². The quantitative estimate of drug-likeness (QED) is 0.566. The molecule has 1 saturated carbocycles. The van der Waals surface area contributed by atoms with Gasteiger partial charge in [-0.15, -0.1) is 0 Å². The van der Waals surface area contributed by atoms with Crippen LogP contribution in [-0.4, -0.2) is 15.4 Å². The predicted molar refractivity (Wildman–Crippen MR) is 104 cm³/mol. The molecule has 24 heavy (non-hydrogen) atoms. The molecule has 124 valence electrons. The van der Waals surface area contributed by atoms with E-state index in [0.717, 1.165) is 32.2 Å². The standard InChI is InChI=1S/C19H19BrClN3/c20-14-8-11-17-23-18(13-6-9-15(21)10-7-13)19(24(17)12-14)22-16-4-2-1-3-5-16/h6-12,16,22H,1-5H2. The maximum absolute atomic E-state index is 6.05. The van der Waals surface area contributed by atoms with Gasteiger partial charge in [0, 0.05) is 27.3 Å². The second-order valence-electron chi connectivity index (χ2n) is 6.37. The number of hydrogen-bond donors (Lipinski definition) is 1. The molecular formula is C19H19BrClN3. The molecule has 0 aliphatic heterocycles. The lowest BCUT2D eigenvalue weighted by atomic mass is 9.95. The van der Waals surface area contributed by atoms with Crippen LogP contribution in [0.5, 0.6) is 0 Å². The molecule has 0 bridgehead atoms. The summed E-state index contributed by atoms with van der Waals surface area (Å²) < 4.78 is 3.18. The lowest BCUT2D eigenvalue weighted by Gasteiger charge is -2.24. The lowest BCUT2D eigenvalue weighted by Crippen LogP contribution is -2.23. The van der Waals surface area contributed by atoms with Gasteiger partial charge in [0.15, 0.2) is 0 Å². The highest BCUT2D eigenvalue weighted by Gasteiger charge is 2.19. The van der Waals surface area contributed by atoms with Crippen LogP contribution >= 0.6 is 27.5 Å².